The van der Waals surface area contributed by atoms with Crippen LogP contribution in [0.1, 0.15) is 5.69 Å². The highest BCUT2D eigenvalue weighted by molar-refractivity contribution is 5.96. The normalized spacial score (nSPS) is 14.2. The quantitative estimate of drug-likeness (QED) is 0.314. The molecule has 0 saturated carbocycles. The third kappa shape index (κ3) is 4.81. The Morgan fingerprint density at radius 3 is 2.32 bits per heavy atom. The Hall–Kier alpha value is -4.66. The molecule has 1 fully saturated rings. The lowest BCUT2D eigenvalue weighted by Crippen LogP contribution is -2.47. The van der Waals surface area contributed by atoms with Gasteiger partial charge in [-0.15, -0.1) is 0 Å². The molecule has 2 aromatic carbocycles. The smallest absolute Gasteiger partial charge is 0.154 e. The molecular formula is C33H31N7O. The molecule has 4 aromatic heterocycles. The van der Waals surface area contributed by atoms with Crippen molar-refractivity contribution in [3.05, 3.63) is 97.2 Å². The first-order valence-electron chi connectivity index (χ1n) is 14.0. The van der Waals surface area contributed by atoms with E-state index in [2.05, 4.69) is 75.2 Å². The Bertz CT molecular complexity index is 1820. The molecular weight excluding hydrogens is 510 g/mol. The maximum absolute atomic E-state index is 9.20. The molecule has 1 aliphatic heterocycles. The van der Waals surface area contributed by atoms with Gasteiger partial charge in [-0.05, 0) is 66.1 Å². The summed E-state index contributed by atoms with van der Waals surface area (Å²) in [7, 11) is 0. The van der Waals surface area contributed by atoms with Crippen molar-refractivity contribution in [1.29, 1.82) is 0 Å². The van der Waals surface area contributed by atoms with Gasteiger partial charge in [-0.25, -0.2) is 9.50 Å². The molecule has 204 valence electrons. The number of anilines is 1. The standard InChI is InChI=1S/C33H31N7O/c1-23-30(25-2-5-27(6-3-25)39-16-14-38(15-17-39)18-19-41)21-33-36-22-32(40(33)37-23)29-10-13-35-31-20-26(4-7-28(29)31)24-8-11-34-12-9-24/h2-13,20-22,41H,14-19H2,1H3. The molecule has 6 aromatic rings. The van der Waals surface area contributed by atoms with E-state index < -0.39 is 0 Å². The molecule has 0 amide bonds. The average Bonchev–Trinajstić information content (AvgIpc) is 3.43. The van der Waals surface area contributed by atoms with Gasteiger partial charge in [0.25, 0.3) is 0 Å². The Kier molecular flexibility index (Phi) is 6.62. The number of nitrogens with zero attached hydrogens (tertiary/aromatic N) is 7. The highest BCUT2D eigenvalue weighted by atomic mass is 16.3. The van der Waals surface area contributed by atoms with Gasteiger partial charge in [-0.3, -0.25) is 14.9 Å². The number of hydrogen-bond acceptors (Lipinski definition) is 7. The predicted octanol–water partition coefficient (Wildman–Crippen LogP) is 5.10. The number of pyridine rings is 2. The van der Waals surface area contributed by atoms with E-state index in [1.165, 1.54) is 5.69 Å². The number of rotatable bonds is 6. The zero-order valence-electron chi connectivity index (χ0n) is 23.0. The van der Waals surface area contributed by atoms with Crippen molar-refractivity contribution in [2.75, 3.05) is 44.2 Å². The van der Waals surface area contributed by atoms with Gasteiger partial charge < -0.3 is 10.0 Å². The van der Waals surface area contributed by atoms with Crippen LogP contribution < -0.4 is 4.90 Å². The average molecular weight is 542 g/mol. The second kappa shape index (κ2) is 10.7. The van der Waals surface area contributed by atoms with Gasteiger partial charge in [0.2, 0.25) is 0 Å². The van der Waals surface area contributed by atoms with Gasteiger partial charge in [0, 0.05) is 73.5 Å². The van der Waals surface area contributed by atoms with Crippen molar-refractivity contribution < 1.29 is 5.11 Å². The number of β-amino-alcohol motifs (C(OH)–C–C–N with tert-alkyl or cyclic N) is 1. The fraction of sp³-hybridized carbons (Fsp3) is 0.212. The minimum Gasteiger partial charge on any atom is -0.395 e. The zero-order chi connectivity index (χ0) is 27.8. The van der Waals surface area contributed by atoms with E-state index in [1.807, 2.05) is 35.1 Å². The molecule has 8 nitrogen and oxygen atoms in total. The van der Waals surface area contributed by atoms with E-state index in [1.54, 1.807) is 12.4 Å². The van der Waals surface area contributed by atoms with E-state index >= 15 is 0 Å². The Labute approximate surface area is 238 Å². The molecule has 0 atom stereocenters. The molecule has 0 bridgehead atoms. The van der Waals surface area contributed by atoms with Crippen LogP contribution in [0.4, 0.5) is 5.69 Å². The molecule has 0 aliphatic carbocycles. The highest BCUT2D eigenvalue weighted by Crippen LogP contribution is 2.32. The van der Waals surface area contributed by atoms with Gasteiger partial charge in [0.05, 0.1) is 29.7 Å². The number of piperazine rings is 1. The van der Waals surface area contributed by atoms with Crippen LogP contribution in [0.3, 0.4) is 0 Å². The highest BCUT2D eigenvalue weighted by Gasteiger charge is 2.18. The van der Waals surface area contributed by atoms with Crippen LogP contribution in [0, 0.1) is 6.92 Å². The lowest BCUT2D eigenvalue weighted by Gasteiger charge is -2.35. The Balaban J connectivity index is 1.18. The molecule has 1 saturated heterocycles. The maximum atomic E-state index is 9.20. The summed E-state index contributed by atoms with van der Waals surface area (Å²) in [6.45, 7) is 6.92. The fourth-order valence-electron chi connectivity index (χ4n) is 5.80. The summed E-state index contributed by atoms with van der Waals surface area (Å²) in [4.78, 5) is 18.3. The van der Waals surface area contributed by atoms with Crippen molar-refractivity contribution in [1.82, 2.24) is 29.5 Å². The van der Waals surface area contributed by atoms with E-state index in [-0.39, 0.29) is 6.61 Å². The largest absolute Gasteiger partial charge is 0.395 e. The Morgan fingerprint density at radius 1 is 0.756 bits per heavy atom. The number of hydrogen-bond donors (Lipinski definition) is 1. The monoisotopic (exact) mass is 541 g/mol. The zero-order valence-corrected chi connectivity index (χ0v) is 23.0. The van der Waals surface area contributed by atoms with Gasteiger partial charge >= 0.3 is 0 Å². The number of aromatic nitrogens is 5. The minimum absolute atomic E-state index is 0.220. The van der Waals surface area contributed by atoms with Crippen molar-refractivity contribution in [3.63, 3.8) is 0 Å². The van der Waals surface area contributed by atoms with Crippen LogP contribution in [-0.2, 0) is 0 Å². The molecule has 0 unspecified atom stereocenters. The van der Waals surface area contributed by atoms with E-state index in [0.29, 0.717) is 0 Å². The number of fused-ring (bicyclic) bond motifs is 2. The van der Waals surface area contributed by atoms with Crippen molar-refractivity contribution >= 4 is 22.2 Å². The molecule has 1 N–H and O–H groups in total. The van der Waals surface area contributed by atoms with Gasteiger partial charge in [0.1, 0.15) is 0 Å². The summed E-state index contributed by atoms with van der Waals surface area (Å²) in [6.07, 6.45) is 7.36. The minimum atomic E-state index is 0.220. The third-order valence-corrected chi connectivity index (χ3v) is 8.04. The van der Waals surface area contributed by atoms with Crippen LogP contribution in [0.25, 0.3) is 50.1 Å². The van der Waals surface area contributed by atoms with Crippen LogP contribution in [-0.4, -0.2) is 73.9 Å². The van der Waals surface area contributed by atoms with Gasteiger partial charge in [-0.2, -0.15) is 5.10 Å². The summed E-state index contributed by atoms with van der Waals surface area (Å²) in [6, 6.07) is 23.3. The first-order valence-corrected chi connectivity index (χ1v) is 14.0. The molecule has 41 heavy (non-hydrogen) atoms. The molecule has 5 heterocycles. The van der Waals surface area contributed by atoms with Gasteiger partial charge in [0.15, 0.2) is 5.65 Å². The SMILES string of the molecule is Cc1nn2c(-c3ccnc4cc(-c5ccncc5)ccc34)cnc2cc1-c1ccc(N2CCN(CCO)CC2)cc1. The Morgan fingerprint density at radius 2 is 1.54 bits per heavy atom. The topological polar surface area (TPSA) is 82.7 Å². The molecule has 7 rings (SSSR count). The molecule has 8 heteroatoms. The second-order valence-electron chi connectivity index (χ2n) is 10.5. The first-order chi connectivity index (χ1) is 20.2. The molecule has 0 radical (unpaired) electrons. The summed E-state index contributed by atoms with van der Waals surface area (Å²) in [5, 5.41) is 15.3. The van der Waals surface area contributed by atoms with Crippen LogP contribution in [0.2, 0.25) is 0 Å². The maximum Gasteiger partial charge on any atom is 0.154 e. The summed E-state index contributed by atoms with van der Waals surface area (Å²) >= 11 is 0. The number of benzene rings is 2. The lowest BCUT2D eigenvalue weighted by atomic mass is 10.0. The first kappa shape index (κ1) is 25.3. The number of aryl methyl sites for hydroxylation is 1. The van der Waals surface area contributed by atoms with Crippen molar-refractivity contribution in [2.45, 2.75) is 6.92 Å². The van der Waals surface area contributed by atoms with E-state index in [0.717, 1.165) is 88.5 Å². The summed E-state index contributed by atoms with van der Waals surface area (Å²) in [5.41, 5.74) is 10.3. The van der Waals surface area contributed by atoms with Crippen molar-refractivity contribution in [2.24, 2.45) is 0 Å². The summed E-state index contributed by atoms with van der Waals surface area (Å²) in [5.74, 6) is 0. The molecule has 1 aliphatic rings. The van der Waals surface area contributed by atoms with E-state index in [4.69, 9.17) is 10.1 Å². The number of aliphatic hydroxyl groups excluding tert-OH is 1. The number of aliphatic hydroxyl groups is 1. The third-order valence-electron chi connectivity index (χ3n) is 8.04. The van der Waals surface area contributed by atoms with E-state index in [9.17, 15) is 5.11 Å². The second-order valence-corrected chi connectivity index (χ2v) is 10.5. The van der Waals surface area contributed by atoms with Gasteiger partial charge in [-0.1, -0.05) is 24.3 Å². The lowest BCUT2D eigenvalue weighted by molar-refractivity contribution is 0.189. The molecule has 0 spiro atoms. The van der Waals surface area contributed by atoms with Crippen LogP contribution in [0.15, 0.2) is 91.5 Å². The van der Waals surface area contributed by atoms with Crippen LogP contribution >= 0.6 is 0 Å². The number of imidazole rings is 1. The predicted molar refractivity (Wildman–Crippen MR) is 163 cm³/mol. The van der Waals surface area contributed by atoms with Crippen molar-refractivity contribution in [3.8, 4) is 33.5 Å². The fourth-order valence-corrected chi connectivity index (χ4v) is 5.80. The van der Waals surface area contributed by atoms with Crippen LogP contribution in [0.5, 0.6) is 0 Å². The summed E-state index contributed by atoms with van der Waals surface area (Å²) < 4.78 is 1.94.